The molecule has 0 bridgehead atoms. The van der Waals surface area contributed by atoms with Crippen LogP contribution in [0.2, 0.25) is 0 Å². The van der Waals surface area contributed by atoms with E-state index in [9.17, 15) is 5.11 Å². The number of rotatable bonds is 6. The molecule has 1 aromatic carbocycles. The number of ether oxygens (including phenoxy) is 1. The van der Waals surface area contributed by atoms with Crippen molar-refractivity contribution in [3.05, 3.63) is 29.8 Å². The molecule has 0 amide bonds. The zero-order valence-corrected chi connectivity index (χ0v) is 10.1. The summed E-state index contributed by atoms with van der Waals surface area (Å²) in [5.41, 5.74) is 0.962. The number of aliphatic hydroxyl groups excluding tert-OH is 1. The second-order valence-corrected chi connectivity index (χ2v) is 4.46. The lowest BCUT2D eigenvalue weighted by Gasteiger charge is -2.06. The molecule has 0 aliphatic carbocycles. The number of benzene rings is 1. The smallest absolute Gasteiger partial charge is 0.0761 e. The summed E-state index contributed by atoms with van der Waals surface area (Å²) < 4.78 is 5.26. The second-order valence-electron chi connectivity index (χ2n) is 3.29. The Hall–Kier alpha value is -0.510. The van der Waals surface area contributed by atoms with Crippen molar-refractivity contribution in [3.8, 4) is 0 Å². The number of thioether (sulfide) groups is 1. The molecule has 0 saturated carbocycles. The molecule has 0 heterocycles. The average Bonchev–Trinajstić information content (AvgIpc) is 2.25. The molecule has 0 saturated heterocycles. The van der Waals surface area contributed by atoms with Crippen LogP contribution in [0.15, 0.2) is 29.2 Å². The van der Waals surface area contributed by atoms with Crippen molar-refractivity contribution in [2.45, 2.75) is 24.8 Å². The quantitative estimate of drug-likeness (QED) is 0.597. The predicted molar refractivity (Wildman–Crippen MR) is 64.3 cm³/mol. The maximum Gasteiger partial charge on any atom is 0.0761 e. The Morgan fingerprint density at radius 3 is 2.53 bits per heavy atom. The van der Waals surface area contributed by atoms with Gasteiger partial charge in [-0.15, -0.1) is 11.8 Å². The first kappa shape index (κ1) is 12.6. The highest BCUT2D eigenvalue weighted by atomic mass is 32.2. The standard InChI is InChI=1S/C12H18O2S/c1-3-14-8-9-15-12-6-4-11(5-7-12)10(2)13/h4-7,10,13H,3,8-9H2,1-2H3. The maximum absolute atomic E-state index is 9.33. The summed E-state index contributed by atoms with van der Waals surface area (Å²) in [6, 6.07) is 8.01. The molecule has 0 spiro atoms. The fourth-order valence-electron chi connectivity index (χ4n) is 1.21. The van der Waals surface area contributed by atoms with Crippen LogP contribution in [0.25, 0.3) is 0 Å². The number of aliphatic hydroxyl groups is 1. The van der Waals surface area contributed by atoms with Crippen LogP contribution in [0.3, 0.4) is 0 Å². The molecule has 1 rings (SSSR count). The Morgan fingerprint density at radius 1 is 1.33 bits per heavy atom. The van der Waals surface area contributed by atoms with Gasteiger partial charge in [-0.25, -0.2) is 0 Å². The van der Waals surface area contributed by atoms with Gasteiger partial charge in [0, 0.05) is 17.3 Å². The summed E-state index contributed by atoms with van der Waals surface area (Å²) in [5, 5.41) is 9.33. The van der Waals surface area contributed by atoms with Gasteiger partial charge in [-0.2, -0.15) is 0 Å². The third-order valence-electron chi connectivity index (χ3n) is 2.06. The molecule has 1 N–H and O–H groups in total. The molecule has 84 valence electrons. The summed E-state index contributed by atoms with van der Waals surface area (Å²) in [4.78, 5) is 1.22. The van der Waals surface area contributed by atoms with Crippen molar-refractivity contribution in [2.24, 2.45) is 0 Å². The Balaban J connectivity index is 2.36. The van der Waals surface area contributed by atoms with Crippen molar-refractivity contribution in [3.63, 3.8) is 0 Å². The first-order valence-electron chi connectivity index (χ1n) is 5.22. The Morgan fingerprint density at radius 2 is 2.00 bits per heavy atom. The molecular formula is C12H18O2S. The molecule has 15 heavy (non-hydrogen) atoms. The molecule has 0 aliphatic rings. The lowest BCUT2D eigenvalue weighted by molar-refractivity contribution is 0.164. The van der Waals surface area contributed by atoms with E-state index in [1.807, 2.05) is 31.2 Å². The zero-order valence-electron chi connectivity index (χ0n) is 9.27. The van der Waals surface area contributed by atoms with Crippen LogP contribution < -0.4 is 0 Å². The van der Waals surface area contributed by atoms with Gasteiger partial charge in [0.1, 0.15) is 0 Å². The fourth-order valence-corrected chi connectivity index (χ4v) is 1.97. The van der Waals surface area contributed by atoms with E-state index in [0.717, 1.165) is 24.5 Å². The molecule has 0 aliphatic heterocycles. The lowest BCUT2D eigenvalue weighted by Crippen LogP contribution is -1.96. The number of hydrogen-bond acceptors (Lipinski definition) is 3. The molecule has 0 radical (unpaired) electrons. The van der Waals surface area contributed by atoms with E-state index in [2.05, 4.69) is 0 Å². The van der Waals surface area contributed by atoms with E-state index in [0.29, 0.717) is 0 Å². The van der Waals surface area contributed by atoms with Crippen LogP contribution in [-0.2, 0) is 4.74 Å². The maximum atomic E-state index is 9.33. The summed E-state index contributed by atoms with van der Waals surface area (Å²) in [6.45, 7) is 5.35. The van der Waals surface area contributed by atoms with Gasteiger partial charge in [0.25, 0.3) is 0 Å². The van der Waals surface area contributed by atoms with Gasteiger partial charge < -0.3 is 9.84 Å². The van der Waals surface area contributed by atoms with E-state index in [1.165, 1.54) is 4.90 Å². The van der Waals surface area contributed by atoms with Gasteiger partial charge in [-0.1, -0.05) is 12.1 Å². The van der Waals surface area contributed by atoms with Gasteiger partial charge in [-0.05, 0) is 31.5 Å². The van der Waals surface area contributed by atoms with Crippen molar-refractivity contribution in [2.75, 3.05) is 19.0 Å². The normalized spacial score (nSPS) is 12.7. The summed E-state index contributed by atoms with van der Waals surface area (Å²) in [7, 11) is 0. The second kappa shape index (κ2) is 6.88. The van der Waals surface area contributed by atoms with Crippen LogP contribution in [0.1, 0.15) is 25.5 Å². The molecule has 1 aromatic rings. The van der Waals surface area contributed by atoms with Gasteiger partial charge in [0.15, 0.2) is 0 Å². The Kier molecular flexibility index (Phi) is 5.76. The SMILES string of the molecule is CCOCCSc1ccc(C(C)O)cc1. The van der Waals surface area contributed by atoms with E-state index in [4.69, 9.17) is 4.74 Å². The zero-order chi connectivity index (χ0) is 11.1. The van der Waals surface area contributed by atoms with Crippen molar-refractivity contribution < 1.29 is 9.84 Å². The van der Waals surface area contributed by atoms with E-state index in [1.54, 1.807) is 18.7 Å². The highest BCUT2D eigenvalue weighted by Gasteiger charge is 2.00. The average molecular weight is 226 g/mol. The summed E-state index contributed by atoms with van der Waals surface area (Å²) >= 11 is 1.77. The molecular weight excluding hydrogens is 208 g/mol. The van der Waals surface area contributed by atoms with Crippen LogP contribution in [-0.4, -0.2) is 24.1 Å². The third kappa shape index (κ3) is 4.69. The molecule has 3 heteroatoms. The number of hydrogen-bond donors (Lipinski definition) is 1. The predicted octanol–water partition coefficient (Wildman–Crippen LogP) is 2.87. The fraction of sp³-hybridized carbons (Fsp3) is 0.500. The van der Waals surface area contributed by atoms with Crippen LogP contribution in [0, 0.1) is 0 Å². The van der Waals surface area contributed by atoms with Crippen LogP contribution >= 0.6 is 11.8 Å². The van der Waals surface area contributed by atoms with E-state index < -0.39 is 0 Å². The van der Waals surface area contributed by atoms with Gasteiger partial charge in [-0.3, -0.25) is 0 Å². The lowest BCUT2D eigenvalue weighted by atomic mass is 10.1. The molecule has 1 atom stereocenters. The highest BCUT2D eigenvalue weighted by molar-refractivity contribution is 7.99. The van der Waals surface area contributed by atoms with E-state index in [-0.39, 0.29) is 6.10 Å². The molecule has 0 fully saturated rings. The van der Waals surface area contributed by atoms with Gasteiger partial charge in [0.2, 0.25) is 0 Å². The largest absolute Gasteiger partial charge is 0.389 e. The van der Waals surface area contributed by atoms with Gasteiger partial charge in [0.05, 0.1) is 12.7 Å². The molecule has 2 nitrogen and oxygen atoms in total. The van der Waals surface area contributed by atoms with E-state index >= 15 is 0 Å². The Bertz CT molecular complexity index is 269. The van der Waals surface area contributed by atoms with Crippen LogP contribution in [0.4, 0.5) is 0 Å². The summed E-state index contributed by atoms with van der Waals surface area (Å²) in [6.07, 6.45) is -0.382. The van der Waals surface area contributed by atoms with Crippen LogP contribution in [0.5, 0.6) is 0 Å². The van der Waals surface area contributed by atoms with Crippen molar-refractivity contribution in [1.29, 1.82) is 0 Å². The monoisotopic (exact) mass is 226 g/mol. The first-order valence-corrected chi connectivity index (χ1v) is 6.21. The van der Waals surface area contributed by atoms with Gasteiger partial charge >= 0.3 is 0 Å². The van der Waals surface area contributed by atoms with Crippen molar-refractivity contribution in [1.82, 2.24) is 0 Å². The minimum atomic E-state index is -0.382. The van der Waals surface area contributed by atoms with Crippen molar-refractivity contribution >= 4 is 11.8 Å². The molecule has 1 unspecified atom stereocenters. The minimum absolute atomic E-state index is 0.382. The third-order valence-corrected chi connectivity index (χ3v) is 3.04. The highest BCUT2D eigenvalue weighted by Crippen LogP contribution is 2.20. The first-order chi connectivity index (χ1) is 7.24. The Labute approximate surface area is 95.7 Å². The topological polar surface area (TPSA) is 29.5 Å². The minimum Gasteiger partial charge on any atom is -0.389 e. The summed E-state index contributed by atoms with van der Waals surface area (Å²) in [5.74, 6) is 0.974. The molecule has 0 aromatic heterocycles.